The molecule has 1 aromatic heterocycles. The van der Waals surface area contributed by atoms with Crippen molar-refractivity contribution in [3.05, 3.63) is 34.7 Å². The number of benzene rings is 1. The van der Waals surface area contributed by atoms with Crippen LogP contribution in [0.3, 0.4) is 0 Å². The molecule has 0 saturated heterocycles. The van der Waals surface area contributed by atoms with Crippen molar-refractivity contribution < 1.29 is 4.39 Å². The van der Waals surface area contributed by atoms with Crippen molar-refractivity contribution in [2.75, 3.05) is 5.73 Å². The smallest absolute Gasteiger partial charge is 0.132 e. The first-order chi connectivity index (χ1) is 9.51. The summed E-state index contributed by atoms with van der Waals surface area (Å²) in [5, 5.41) is 4.84. The van der Waals surface area contributed by atoms with Gasteiger partial charge in [-0.15, -0.1) is 0 Å². The molecule has 0 atom stereocenters. The van der Waals surface area contributed by atoms with E-state index in [1.807, 2.05) is 0 Å². The second kappa shape index (κ2) is 5.83. The molecule has 2 N–H and O–H groups in total. The van der Waals surface area contributed by atoms with Gasteiger partial charge in [0.15, 0.2) is 0 Å². The van der Waals surface area contributed by atoms with E-state index in [2.05, 4.69) is 18.9 Å². The van der Waals surface area contributed by atoms with E-state index in [-0.39, 0.29) is 11.7 Å². The standard InChI is InChI=1S/C15H19ClFN3/c1-4-9(5-2)14-13(15(18)20(3)19-14)12-10(16)7-6-8-11(12)17/h6-9H,4-5,18H2,1-3H3. The molecule has 1 aromatic carbocycles. The Morgan fingerprint density at radius 1 is 1.30 bits per heavy atom. The van der Waals surface area contributed by atoms with Gasteiger partial charge in [-0.2, -0.15) is 5.10 Å². The SMILES string of the molecule is CCC(CC)c1nn(C)c(N)c1-c1c(F)cccc1Cl. The number of hydrogen-bond acceptors (Lipinski definition) is 2. The van der Waals surface area contributed by atoms with Crippen molar-refractivity contribution in [1.82, 2.24) is 9.78 Å². The minimum Gasteiger partial charge on any atom is -0.383 e. The Bertz CT molecular complexity index is 598. The molecule has 1 heterocycles. The van der Waals surface area contributed by atoms with Crippen LogP contribution in [-0.2, 0) is 7.05 Å². The number of aromatic nitrogens is 2. The van der Waals surface area contributed by atoms with E-state index in [0.717, 1.165) is 18.5 Å². The number of anilines is 1. The summed E-state index contributed by atoms with van der Waals surface area (Å²) in [6, 6.07) is 4.65. The summed E-state index contributed by atoms with van der Waals surface area (Å²) < 4.78 is 15.8. The van der Waals surface area contributed by atoms with Crippen molar-refractivity contribution in [1.29, 1.82) is 0 Å². The molecule has 2 aromatic rings. The zero-order chi connectivity index (χ0) is 14.9. The number of nitrogen functional groups attached to an aromatic ring is 1. The van der Waals surface area contributed by atoms with Crippen molar-refractivity contribution in [2.45, 2.75) is 32.6 Å². The van der Waals surface area contributed by atoms with Gasteiger partial charge in [-0.1, -0.05) is 31.5 Å². The number of nitrogens with zero attached hydrogens (tertiary/aromatic N) is 2. The summed E-state index contributed by atoms with van der Waals surface area (Å²) in [5.41, 5.74) is 7.89. The molecule has 0 aliphatic carbocycles. The maximum atomic E-state index is 14.2. The third kappa shape index (κ3) is 2.40. The number of aryl methyl sites for hydroxylation is 1. The van der Waals surface area contributed by atoms with Gasteiger partial charge in [-0.25, -0.2) is 4.39 Å². The van der Waals surface area contributed by atoms with Gasteiger partial charge in [0.1, 0.15) is 11.6 Å². The number of hydrogen-bond donors (Lipinski definition) is 1. The Balaban J connectivity index is 2.73. The topological polar surface area (TPSA) is 43.8 Å². The summed E-state index contributed by atoms with van der Waals surface area (Å²) >= 11 is 6.18. The van der Waals surface area contributed by atoms with E-state index < -0.39 is 0 Å². The average Bonchev–Trinajstić information content (AvgIpc) is 2.69. The molecule has 2 rings (SSSR count). The first kappa shape index (κ1) is 14.9. The molecule has 3 nitrogen and oxygen atoms in total. The van der Waals surface area contributed by atoms with Gasteiger partial charge in [0.05, 0.1) is 16.3 Å². The maximum absolute atomic E-state index is 14.2. The van der Waals surface area contributed by atoms with Crippen LogP contribution in [0.1, 0.15) is 38.3 Å². The summed E-state index contributed by atoms with van der Waals surface area (Å²) in [4.78, 5) is 0. The first-order valence-corrected chi connectivity index (χ1v) is 7.15. The fourth-order valence-corrected chi connectivity index (χ4v) is 2.77. The van der Waals surface area contributed by atoms with Gasteiger partial charge in [0, 0.05) is 18.5 Å². The monoisotopic (exact) mass is 295 g/mol. The molecule has 0 radical (unpaired) electrons. The Hall–Kier alpha value is -1.55. The quantitative estimate of drug-likeness (QED) is 0.910. The molecule has 20 heavy (non-hydrogen) atoms. The maximum Gasteiger partial charge on any atom is 0.132 e. The van der Waals surface area contributed by atoms with E-state index in [1.54, 1.807) is 23.9 Å². The zero-order valence-corrected chi connectivity index (χ0v) is 12.7. The highest BCUT2D eigenvalue weighted by atomic mass is 35.5. The van der Waals surface area contributed by atoms with E-state index in [4.69, 9.17) is 17.3 Å². The van der Waals surface area contributed by atoms with Crippen LogP contribution in [-0.4, -0.2) is 9.78 Å². The summed E-state index contributed by atoms with van der Waals surface area (Å²) in [6.07, 6.45) is 1.85. The lowest BCUT2D eigenvalue weighted by Gasteiger charge is -2.13. The van der Waals surface area contributed by atoms with Crippen LogP contribution >= 0.6 is 11.6 Å². The third-order valence-corrected chi connectivity index (χ3v) is 4.02. The van der Waals surface area contributed by atoms with Gasteiger partial charge in [-0.3, -0.25) is 4.68 Å². The molecule has 108 valence electrons. The van der Waals surface area contributed by atoms with Gasteiger partial charge in [0.2, 0.25) is 0 Å². The van der Waals surface area contributed by atoms with Gasteiger partial charge < -0.3 is 5.73 Å². The lowest BCUT2D eigenvalue weighted by atomic mass is 9.92. The fourth-order valence-electron chi connectivity index (χ4n) is 2.51. The van der Waals surface area contributed by atoms with Crippen LogP contribution in [0, 0.1) is 5.82 Å². The molecule has 0 aliphatic rings. The zero-order valence-electron chi connectivity index (χ0n) is 12.0. The predicted octanol–water partition coefficient (Wildman–Crippen LogP) is 4.37. The van der Waals surface area contributed by atoms with Crippen LogP contribution < -0.4 is 5.73 Å². The molecule has 0 spiro atoms. The minimum atomic E-state index is -0.371. The molecule has 0 unspecified atom stereocenters. The van der Waals surface area contributed by atoms with Crippen LogP contribution in [0.4, 0.5) is 10.2 Å². The number of nitrogens with two attached hydrogens (primary N) is 1. The van der Waals surface area contributed by atoms with Crippen LogP contribution in [0.2, 0.25) is 5.02 Å². The van der Waals surface area contributed by atoms with E-state index >= 15 is 0 Å². The van der Waals surface area contributed by atoms with Crippen molar-refractivity contribution in [3.8, 4) is 11.1 Å². The minimum absolute atomic E-state index is 0.240. The second-order valence-electron chi connectivity index (χ2n) is 4.88. The highest BCUT2D eigenvalue weighted by Gasteiger charge is 2.24. The van der Waals surface area contributed by atoms with Gasteiger partial charge >= 0.3 is 0 Å². The predicted molar refractivity (Wildman–Crippen MR) is 81.3 cm³/mol. The Kier molecular flexibility index (Phi) is 4.33. The first-order valence-electron chi connectivity index (χ1n) is 6.77. The average molecular weight is 296 g/mol. The van der Waals surface area contributed by atoms with Crippen LogP contribution in [0.15, 0.2) is 18.2 Å². The van der Waals surface area contributed by atoms with E-state index in [9.17, 15) is 4.39 Å². The molecule has 0 saturated carbocycles. The molecule has 0 bridgehead atoms. The number of halogens is 2. The molecule has 0 amide bonds. The molecule has 0 fully saturated rings. The van der Waals surface area contributed by atoms with Crippen LogP contribution in [0.25, 0.3) is 11.1 Å². The number of rotatable bonds is 4. The van der Waals surface area contributed by atoms with Crippen molar-refractivity contribution in [2.24, 2.45) is 7.05 Å². The Labute approximate surface area is 123 Å². The molecular formula is C15H19ClFN3. The van der Waals surface area contributed by atoms with Crippen LogP contribution in [0.5, 0.6) is 0 Å². The van der Waals surface area contributed by atoms with Crippen molar-refractivity contribution >= 4 is 17.4 Å². The largest absolute Gasteiger partial charge is 0.383 e. The molecule has 0 aliphatic heterocycles. The highest BCUT2D eigenvalue weighted by Crippen LogP contribution is 2.40. The fraction of sp³-hybridized carbons (Fsp3) is 0.400. The second-order valence-corrected chi connectivity index (χ2v) is 5.29. The molecule has 5 heteroatoms. The van der Waals surface area contributed by atoms with Crippen molar-refractivity contribution in [3.63, 3.8) is 0 Å². The summed E-state index contributed by atoms with van der Waals surface area (Å²) in [7, 11) is 1.76. The highest BCUT2D eigenvalue weighted by molar-refractivity contribution is 6.33. The van der Waals surface area contributed by atoms with Gasteiger partial charge in [-0.05, 0) is 25.0 Å². The summed E-state index contributed by atoms with van der Waals surface area (Å²) in [5.74, 6) is 0.312. The Morgan fingerprint density at radius 3 is 2.50 bits per heavy atom. The summed E-state index contributed by atoms with van der Waals surface area (Å²) in [6.45, 7) is 4.18. The van der Waals surface area contributed by atoms with Gasteiger partial charge in [0.25, 0.3) is 0 Å². The lowest BCUT2D eigenvalue weighted by molar-refractivity contribution is 0.604. The third-order valence-electron chi connectivity index (χ3n) is 3.70. The van der Waals surface area contributed by atoms with E-state index in [0.29, 0.717) is 22.0 Å². The van der Waals surface area contributed by atoms with E-state index in [1.165, 1.54) is 6.07 Å². The molecular weight excluding hydrogens is 277 g/mol. The Morgan fingerprint density at radius 2 is 1.95 bits per heavy atom. The normalized spacial score (nSPS) is 11.3. The lowest BCUT2D eigenvalue weighted by Crippen LogP contribution is -2.00.